The van der Waals surface area contributed by atoms with Crippen LogP contribution in [0.3, 0.4) is 0 Å². The molecule has 1 amide bonds. The Bertz CT molecular complexity index is 429. The predicted octanol–water partition coefficient (Wildman–Crippen LogP) is 2.02. The van der Waals surface area contributed by atoms with Gasteiger partial charge in [-0.05, 0) is 36.5 Å². The SMILES string of the molecule is CCCc1ccc2c(c1)C(=O)N(CCO)CCC2. The Balaban J connectivity index is 2.30. The van der Waals surface area contributed by atoms with E-state index in [9.17, 15) is 4.79 Å². The van der Waals surface area contributed by atoms with Gasteiger partial charge in [-0.2, -0.15) is 0 Å². The van der Waals surface area contributed by atoms with Crippen molar-refractivity contribution in [2.45, 2.75) is 32.6 Å². The third-order valence-electron chi connectivity index (χ3n) is 3.47. The van der Waals surface area contributed by atoms with Gasteiger partial charge in [0.1, 0.15) is 0 Å². The summed E-state index contributed by atoms with van der Waals surface area (Å²) in [5, 5.41) is 9.02. The smallest absolute Gasteiger partial charge is 0.254 e. The number of benzene rings is 1. The van der Waals surface area contributed by atoms with Crippen LogP contribution in [0.5, 0.6) is 0 Å². The quantitative estimate of drug-likeness (QED) is 0.884. The molecule has 3 heteroatoms. The lowest BCUT2D eigenvalue weighted by Gasteiger charge is -2.19. The van der Waals surface area contributed by atoms with Crippen molar-refractivity contribution in [3.8, 4) is 0 Å². The molecule has 0 aliphatic carbocycles. The molecule has 3 nitrogen and oxygen atoms in total. The van der Waals surface area contributed by atoms with Gasteiger partial charge in [0, 0.05) is 18.7 Å². The van der Waals surface area contributed by atoms with E-state index in [0.717, 1.165) is 43.4 Å². The van der Waals surface area contributed by atoms with Gasteiger partial charge >= 0.3 is 0 Å². The molecule has 0 bridgehead atoms. The average molecular weight is 247 g/mol. The summed E-state index contributed by atoms with van der Waals surface area (Å²) < 4.78 is 0. The van der Waals surface area contributed by atoms with Gasteiger partial charge in [0.05, 0.1) is 6.61 Å². The van der Waals surface area contributed by atoms with Crippen LogP contribution < -0.4 is 0 Å². The fraction of sp³-hybridized carbons (Fsp3) is 0.533. The van der Waals surface area contributed by atoms with Crippen molar-refractivity contribution in [2.24, 2.45) is 0 Å². The highest BCUT2D eigenvalue weighted by atomic mass is 16.3. The first-order chi connectivity index (χ1) is 8.76. The summed E-state index contributed by atoms with van der Waals surface area (Å²) >= 11 is 0. The normalized spacial score (nSPS) is 15.4. The van der Waals surface area contributed by atoms with Gasteiger partial charge in [0.25, 0.3) is 5.91 Å². The summed E-state index contributed by atoms with van der Waals surface area (Å²) in [6.45, 7) is 3.37. The van der Waals surface area contributed by atoms with Crippen LogP contribution in [0.1, 0.15) is 41.3 Å². The molecule has 1 aromatic rings. The third kappa shape index (κ3) is 2.72. The van der Waals surface area contributed by atoms with E-state index in [0.29, 0.717) is 6.54 Å². The first-order valence-electron chi connectivity index (χ1n) is 6.78. The van der Waals surface area contributed by atoms with Crippen molar-refractivity contribution < 1.29 is 9.90 Å². The Kier molecular flexibility index (Phi) is 4.37. The maximum absolute atomic E-state index is 12.4. The molecule has 0 saturated heterocycles. The Morgan fingerprint density at radius 3 is 2.94 bits per heavy atom. The first kappa shape index (κ1) is 13.1. The molecule has 0 saturated carbocycles. The molecular formula is C15H21NO2. The zero-order valence-electron chi connectivity index (χ0n) is 11.0. The minimum Gasteiger partial charge on any atom is -0.395 e. The zero-order valence-corrected chi connectivity index (χ0v) is 11.0. The summed E-state index contributed by atoms with van der Waals surface area (Å²) in [6, 6.07) is 6.27. The van der Waals surface area contributed by atoms with Crippen molar-refractivity contribution in [3.63, 3.8) is 0 Å². The Morgan fingerprint density at radius 1 is 1.39 bits per heavy atom. The zero-order chi connectivity index (χ0) is 13.0. The van der Waals surface area contributed by atoms with Gasteiger partial charge in [-0.15, -0.1) is 0 Å². The number of hydrogen-bond acceptors (Lipinski definition) is 2. The fourth-order valence-electron chi connectivity index (χ4n) is 2.55. The highest BCUT2D eigenvalue weighted by Gasteiger charge is 2.21. The van der Waals surface area contributed by atoms with Gasteiger partial charge in [-0.25, -0.2) is 0 Å². The Morgan fingerprint density at radius 2 is 2.22 bits per heavy atom. The Labute approximate surface area is 108 Å². The molecule has 18 heavy (non-hydrogen) atoms. The summed E-state index contributed by atoms with van der Waals surface area (Å²) in [4.78, 5) is 14.2. The van der Waals surface area contributed by atoms with Crippen LogP contribution >= 0.6 is 0 Å². The number of hydrogen-bond donors (Lipinski definition) is 1. The topological polar surface area (TPSA) is 40.5 Å². The number of carbonyl (C=O) groups is 1. The second kappa shape index (κ2) is 6.01. The number of aliphatic hydroxyl groups excluding tert-OH is 1. The molecule has 0 aromatic heterocycles. The van der Waals surface area contributed by atoms with E-state index < -0.39 is 0 Å². The van der Waals surface area contributed by atoms with E-state index in [1.165, 1.54) is 5.56 Å². The predicted molar refractivity (Wildman–Crippen MR) is 71.7 cm³/mol. The van der Waals surface area contributed by atoms with Crippen molar-refractivity contribution >= 4 is 5.91 Å². The van der Waals surface area contributed by atoms with Crippen LogP contribution in [0.15, 0.2) is 18.2 Å². The van der Waals surface area contributed by atoms with E-state index in [2.05, 4.69) is 19.1 Å². The summed E-state index contributed by atoms with van der Waals surface area (Å²) in [5.74, 6) is 0.0782. The molecular weight excluding hydrogens is 226 g/mol. The molecule has 0 radical (unpaired) electrons. The van der Waals surface area contributed by atoms with Crippen LogP contribution in [0.25, 0.3) is 0 Å². The summed E-state index contributed by atoms with van der Waals surface area (Å²) in [7, 11) is 0. The molecule has 0 fully saturated rings. The molecule has 1 aliphatic rings. The van der Waals surface area contributed by atoms with Gasteiger partial charge < -0.3 is 10.0 Å². The van der Waals surface area contributed by atoms with E-state index in [4.69, 9.17) is 5.11 Å². The van der Waals surface area contributed by atoms with Crippen molar-refractivity contribution in [2.75, 3.05) is 19.7 Å². The van der Waals surface area contributed by atoms with Crippen LogP contribution in [0, 0.1) is 0 Å². The number of amides is 1. The van der Waals surface area contributed by atoms with Crippen LogP contribution in [0.4, 0.5) is 0 Å². The molecule has 0 unspecified atom stereocenters. The standard InChI is InChI=1S/C15H21NO2/c1-2-4-12-6-7-13-5-3-8-16(9-10-17)15(18)14(13)11-12/h6-7,11,17H,2-5,8-10H2,1H3. The van der Waals surface area contributed by atoms with Gasteiger partial charge in [0.2, 0.25) is 0 Å². The molecule has 98 valence electrons. The van der Waals surface area contributed by atoms with E-state index in [1.54, 1.807) is 4.90 Å². The van der Waals surface area contributed by atoms with E-state index in [-0.39, 0.29) is 12.5 Å². The summed E-state index contributed by atoms with van der Waals surface area (Å²) in [6.07, 6.45) is 4.04. The minimum atomic E-state index is 0.0374. The average Bonchev–Trinajstić information content (AvgIpc) is 2.52. The number of fused-ring (bicyclic) bond motifs is 1. The van der Waals surface area contributed by atoms with Crippen LogP contribution in [-0.2, 0) is 12.8 Å². The first-order valence-corrected chi connectivity index (χ1v) is 6.78. The lowest BCUT2D eigenvalue weighted by Crippen LogP contribution is -2.33. The molecule has 0 spiro atoms. The number of carbonyl (C=O) groups excluding carboxylic acids is 1. The maximum atomic E-state index is 12.4. The van der Waals surface area contributed by atoms with Crippen molar-refractivity contribution in [3.05, 3.63) is 34.9 Å². The van der Waals surface area contributed by atoms with Crippen LogP contribution in [-0.4, -0.2) is 35.6 Å². The van der Waals surface area contributed by atoms with Gasteiger partial charge in [0.15, 0.2) is 0 Å². The van der Waals surface area contributed by atoms with Gasteiger partial charge in [-0.1, -0.05) is 25.5 Å². The number of β-amino-alcohol motifs (C(OH)–C–C–N with tert-alkyl or cyclic N) is 1. The molecule has 1 N–H and O–H groups in total. The number of nitrogens with zero attached hydrogens (tertiary/aromatic N) is 1. The monoisotopic (exact) mass is 247 g/mol. The van der Waals surface area contributed by atoms with E-state index >= 15 is 0 Å². The van der Waals surface area contributed by atoms with Crippen molar-refractivity contribution in [1.82, 2.24) is 4.90 Å². The highest BCUT2D eigenvalue weighted by molar-refractivity contribution is 5.96. The molecule has 0 atom stereocenters. The minimum absolute atomic E-state index is 0.0374. The number of aryl methyl sites for hydroxylation is 2. The maximum Gasteiger partial charge on any atom is 0.254 e. The fourth-order valence-corrected chi connectivity index (χ4v) is 2.55. The summed E-state index contributed by atoms with van der Waals surface area (Å²) in [5.41, 5.74) is 3.22. The van der Waals surface area contributed by atoms with E-state index in [1.807, 2.05) is 6.07 Å². The molecule has 1 aliphatic heterocycles. The van der Waals surface area contributed by atoms with Crippen molar-refractivity contribution in [1.29, 1.82) is 0 Å². The van der Waals surface area contributed by atoms with Crippen LogP contribution in [0.2, 0.25) is 0 Å². The second-order valence-corrected chi connectivity index (χ2v) is 4.86. The lowest BCUT2D eigenvalue weighted by atomic mass is 9.99. The molecule has 2 rings (SSSR count). The lowest BCUT2D eigenvalue weighted by molar-refractivity contribution is 0.0727. The number of rotatable bonds is 4. The highest BCUT2D eigenvalue weighted by Crippen LogP contribution is 2.20. The Hall–Kier alpha value is -1.35. The molecule has 1 aromatic carbocycles. The third-order valence-corrected chi connectivity index (χ3v) is 3.47. The number of aliphatic hydroxyl groups is 1. The largest absolute Gasteiger partial charge is 0.395 e. The second-order valence-electron chi connectivity index (χ2n) is 4.86. The van der Waals surface area contributed by atoms with Gasteiger partial charge in [-0.3, -0.25) is 4.79 Å². The molecule has 1 heterocycles.